The highest BCUT2D eigenvalue weighted by Crippen LogP contribution is 2.59. The van der Waals surface area contributed by atoms with E-state index in [1.807, 2.05) is 62.5 Å². The molecule has 236 valence electrons. The van der Waals surface area contributed by atoms with Crippen LogP contribution in [0.3, 0.4) is 0 Å². The summed E-state index contributed by atoms with van der Waals surface area (Å²) in [5, 5.41) is 16.5. The van der Waals surface area contributed by atoms with E-state index in [0.717, 1.165) is 30.5 Å². The fourth-order valence-electron chi connectivity index (χ4n) is 8.11. The topological polar surface area (TPSA) is 131 Å². The first kappa shape index (κ1) is 30.9. The number of carbonyl (C=O) groups excluding carboxylic acids is 3. The SMILES string of the molecule is C[C@H]1[C@H]([Si](C)(C)O)[C@@H](CC(=O)N2Cc3ccccc3C[C@H]2CO)O[C@]12C(=O)N(C)c1ccc(NC(=O)C3CCCNC3)cc12. The third-order valence-corrected chi connectivity index (χ3v) is 12.8. The van der Waals surface area contributed by atoms with Crippen molar-refractivity contribution in [2.45, 2.75) is 75.5 Å². The second-order valence-corrected chi connectivity index (χ2v) is 17.5. The summed E-state index contributed by atoms with van der Waals surface area (Å²) in [7, 11) is -1.26. The van der Waals surface area contributed by atoms with Crippen LogP contribution in [0.4, 0.5) is 11.4 Å². The van der Waals surface area contributed by atoms with Crippen LogP contribution >= 0.6 is 0 Å². The number of fused-ring (bicyclic) bond motifs is 3. The maximum Gasteiger partial charge on any atom is 0.264 e. The highest BCUT2D eigenvalue weighted by Gasteiger charge is 2.66. The van der Waals surface area contributed by atoms with E-state index in [4.69, 9.17) is 4.74 Å². The van der Waals surface area contributed by atoms with Crippen molar-refractivity contribution >= 4 is 37.4 Å². The first-order valence-electron chi connectivity index (χ1n) is 15.8. The second kappa shape index (κ2) is 11.7. The van der Waals surface area contributed by atoms with Crippen molar-refractivity contribution in [1.29, 1.82) is 0 Å². The number of piperidine rings is 1. The Hall–Kier alpha value is -3.09. The van der Waals surface area contributed by atoms with Crippen molar-refractivity contribution in [3.05, 3.63) is 59.2 Å². The van der Waals surface area contributed by atoms with E-state index in [-0.39, 0.29) is 42.7 Å². The van der Waals surface area contributed by atoms with E-state index in [2.05, 4.69) is 10.6 Å². The van der Waals surface area contributed by atoms with E-state index < -0.39 is 31.5 Å². The molecule has 1 unspecified atom stereocenters. The zero-order valence-electron chi connectivity index (χ0n) is 26.0. The number of carbonyl (C=O) groups is 3. The molecular weight excluding hydrogens is 576 g/mol. The Morgan fingerprint density at radius 2 is 1.93 bits per heavy atom. The number of anilines is 2. The summed E-state index contributed by atoms with van der Waals surface area (Å²) in [5.41, 5.74) is 2.30. The number of aliphatic hydroxyl groups excluding tert-OH is 1. The largest absolute Gasteiger partial charge is 0.432 e. The van der Waals surface area contributed by atoms with Crippen LogP contribution in [0.2, 0.25) is 18.6 Å². The van der Waals surface area contributed by atoms with Crippen LogP contribution < -0.4 is 15.5 Å². The summed E-state index contributed by atoms with van der Waals surface area (Å²) < 4.78 is 6.80. The van der Waals surface area contributed by atoms with E-state index in [1.165, 1.54) is 0 Å². The Labute approximate surface area is 259 Å². The number of rotatable bonds is 6. The number of hydrogen-bond donors (Lipinski definition) is 4. The number of benzene rings is 2. The van der Waals surface area contributed by atoms with Gasteiger partial charge >= 0.3 is 0 Å². The van der Waals surface area contributed by atoms with Crippen LogP contribution in [-0.2, 0) is 37.7 Å². The van der Waals surface area contributed by atoms with Crippen LogP contribution in [0.25, 0.3) is 0 Å². The Morgan fingerprint density at radius 3 is 2.61 bits per heavy atom. The molecule has 4 aliphatic heterocycles. The minimum atomic E-state index is -2.97. The number of hydrogen-bond acceptors (Lipinski definition) is 7. The number of nitrogens with zero attached hydrogens (tertiary/aromatic N) is 2. The third-order valence-electron chi connectivity index (χ3n) is 10.3. The van der Waals surface area contributed by atoms with Crippen LogP contribution in [0, 0.1) is 11.8 Å². The fourth-order valence-corrected chi connectivity index (χ4v) is 10.7. The third kappa shape index (κ3) is 5.18. The lowest BCUT2D eigenvalue weighted by atomic mass is 9.82. The molecule has 2 saturated heterocycles. The smallest absolute Gasteiger partial charge is 0.264 e. The van der Waals surface area contributed by atoms with E-state index >= 15 is 0 Å². The van der Waals surface area contributed by atoms with Gasteiger partial charge in [-0.2, -0.15) is 0 Å². The molecule has 4 heterocycles. The number of aliphatic hydroxyl groups is 1. The Balaban J connectivity index is 1.31. The van der Waals surface area contributed by atoms with Gasteiger partial charge in [-0.05, 0) is 68.2 Å². The van der Waals surface area contributed by atoms with Gasteiger partial charge in [0.05, 0.1) is 36.8 Å². The summed E-state index contributed by atoms with van der Waals surface area (Å²) >= 11 is 0. The zero-order chi connectivity index (χ0) is 31.4. The minimum Gasteiger partial charge on any atom is -0.432 e. The molecule has 2 aromatic rings. The van der Waals surface area contributed by atoms with E-state index in [1.54, 1.807) is 16.8 Å². The molecule has 0 bridgehead atoms. The lowest BCUT2D eigenvalue weighted by molar-refractivity contribution is -0.150. The number of nitrogens with one attached hydrogen (secondary N) is 2. The van der Waals surface area contributed by atoms with Gasteiger partial charge in [-0.1, -0.05) is 31.2 Å². The molecule has 2 aromatic carbocycles. The highest BCUT2D eigenvalue weighted by atomic mass is 28.4. The number of amides is 3. The van der Waals surface area contributed by atoms with Crippen LogP contribution in [0.1, 0.15) is 42.9 Å². The van der Waals surface area contributed by atoms with Gasteiger partial charge in [0.2, 0.25) is 11.8 Å². The summed E-state index contributed by atoms with van der Waals surface area (Å²) in [4.78, 5) is 56.0. The Morgan fingerprint density at radius 1 is 1.18 bits per heavy atom. The van der Waals surface area contributed by atoms with Gasteiger partial charge in [0.15, 0.2) is 13.9 Å². The molecule has 10 nitrogen and oxygen atoms in total. The summed E-state index contributed by atoms with van der Waals surface area (Å²) in [6.45, 7) is 7.39. The standard InChI is InChI=1S/C33H44N4O6Si/c1-20-30(44(3,4)42)28(16-29(39)37-18-23-9-6-5-8-21(23)14-25(37)19-38)43-33(20)26-15-24(11-12-27(26)36(2)32(33)41)35-31(40)22-10-7-13-34-17-22/h5-6,8-9,11-12,15,20,22,25,28,30,34,38,42H,7,10,13-14,16-19H2,1-4H3,(H,35,40)/t20-,22?,25-,28+,30-,33+/m0/s1. The molecule has 1 spiro atoms. The lowest BCUT2D eigenvalue weighted by Gasteiger charge is -2.37. The van der Waals surface area contributed by atoms with Crippen LogP contribution in [0.5, 0.6) is 0 Å². The first-order chi connectivity index (χ1) is 21.0. The predicted octanol–water partition coefficient (Wildman–Crippen LogP) is 2.73. The van der Waals surface area contributed by atoms with E-state index in [9.17, 15) is 24.3 Å². The molecule has 0 aliphatic carbocycles. The van der Waals surface area contributed by atoms with Gasteiger partial charge in [0, 0.05) is 42.8 Å². The van der Waals surface area contributed by atoms with Crippen molar-refractivity contribution in [2.24, 2.45) is 11.8 Å². The van der Waals surface area contributed by atoms with Gasteiger partial charge in [0.25, 0.3) is 5.91 Å². The molecule has 4 aliphatic rings. The fraction of sp³-hybridized carbons (Fsp3) is 0.545. The molecule has 4 N–H and O–H groups in total. The summed E-state index contributed by atoms with van der Waals surface area (Å²) in [6.07, 6.45) is 1.62. The normalized spacial score (nSPS) is 30.0. The van der Waals surface area contributed by atoms with Gasteiger partial charge in [-0.25, -0.2) is 0 Å². The Kier molecular flexibility index (Phi) is 8.21. The molecule has 44 heavy (non-hydrogen) atoms. The number of likely N-dealkylation sites (N-methyl/N-ethyl adjacent to an activating group) is 1. The van der Waals surface area contributed by atoms with Gasteiger partial charge < -0.3 is 35.1 Å². The maximum atomic E-state index is 14.1. The molecule has 6 rings (SSSR count). The molecule has 0 saturated carbocycles. The first-order valence-corrected chi connectivity index (χ1v) is 18.8. The van der Waals surface area contributed by atoms with Crippen molar-refractivity contribution in [2.75, 3.05) is 37.0 Å². The highest BCUT2D eigenvalue weighted by molar-refractivity contribution is 6.71. The molecule has 3 amide bonds. The molecule has 11 heteroatoms. The van der Waals surface area contributed by atoms with Gasteiger partial charge in [-0.3, -0.25) is 14.4 Å². The van der Waals surface area contributed by atoms with Crippen molar-refractivity contribution in [3.8, 4) is 0 Å². The van der Waals surface area contributed by atoms with Crippen molar-refractivity contribution in [3.63, 3.8) is 0 Å². The average molecular weight is 621 g/mol. The molecule has 6 atom stereocenters. The lowest BCUT2D eigenvalue weighted by Crippen LogP contribution is -2.48. The summed E-state index contributed by atoms with van der Waals surface area (Å²) in [6, 6.07) is 13.1. The maximum absolute atomic E-state index is 14.1. The second-order valence-electron chi connectivity index (χ2n) is 13.5. The molecule has 2 fully saturated rings. The van der Waals surface area contributed by atoms with Crippen LogP contribution in [0.15, 0.2) is 42.5 Å². The van der Waals surface area contributed by atoms with Crippen LogP contribution in [-0.4, -0.2) is 79.7 Å². The number of ether oxygens (including phenoxy) is 1. The average Bonchev–Trinajstić information content (AvgIpc) is 3.42. The Bertz CT molecular complexity index is 1460. The monoisotopic (exact) mass is 620 g/mol. The van der Waals surface area contributed by atoms with Gasteiger partial charge in [0.1, 0.15) is 0 Å². The zero-order valence-corrected chi connectivity index (χ0v) is 27.0. The minimum absolute atomic E-state index is 0.0101. The predicted molar refractivity (Wildman–Crippen MR) is 169 cm³/mol. The van der Waals surface area contributed by atoms with E-state index in [0.29, 0.717) is 36.4 Å². The van der Waals surface area contributed by atoms with Gasteiger partial charge in [-0.15, -0.1) is 0 Å². The molecule has 0 radical (unpaired) electrons. The van der Waals surface area contributed by atoms with Crippen molar-refractivity contribution < 1.29 is 29.0 Å². The molecular formula is C33H44N4O6Si. The molecule has 0 aromatic heterocycles. The van der Waals surface area contributed by atoms with Crippen molar-refractivity contribution in [1.82, 2.24) is 10.2 Å². The summed E-state index contributed by atoms with van der Waals surface area (Å²) in [5.74, 6) is -1.01. The quantitative estimate of drug-likeness (QED) is 0.366.